The Labute approximate surface area is 181 Å². The van der Waals surface area contributed by atoms with E-state index < -0.39 is 5.97 Å². The van der Waals surface area contributed by atoms with E-state index in [-0.39, 0.29) is 25.2 Å². The Balaban J connectivity index is 1.49. The van der Waals surface area contributed by atoms with Gasteiger partial charge < -0.3 is 19.5 Å². The summed E-state index contributed by atoms with van der Waals surface area (Å²) in [6.07, 6.45) is 0.630. The molecule has 0 heterocycles. The van der Waals surface area contributed by atoms with Crippen LogP contribution < -0.4 is 14.8 Å². The molecule has 0 saturated heterocycles. The van der Waals surface area contributed by atoms with Crippen molar-refractivity contribution in [1.82, 2.24) is 5.32 Å². The number of carbonyl (C=O) groups is 2. The van der Waals surface area contributed by atoms with E-state index in [1.165, 1.54) is 0 Å². The Morgan fingerprint density at radius 2 is 1.42 bits per heavy atom. The third kappa shape index (κ3) is 7.19. The molecule has 6 heteroatoms. The molecule has 0 aliphatic carbocycles. The van der Waals surface area contributed by atoms with Crippen molar-refractivity contribution in [3.05, 3.63) is 96.1 Å². The van der Waals surface area contributed by atoms with Crippen LogP contribution in [0.15, 0.2) is 84.9 Å². The van der Waals surface area contributed by atoms with Gasteiger partial charge in [-0.2, -0.15) is 0 Å². The van der Waals surface area contributed by atoms with Gasteiger partial charge >= 0.3 is 5.97 Å². The van der Waals surface area contributed by atoms with Crippen molar-refractivity contribution in [1.29, 1.82) is 0 Å². The topological polar surface area (TPSA) is 73.9 Å². The SMILES string of the molecule is COc1ccc(OCC(=O)OCC(=O)NC(Cc2ccccc2)c2ccccc2)cc1. The molecule has 0 aliphatic rings. The van der Waals surface area contributed by atoms with Crippen LogP contribution >= 0.6 is 0 Å². The zero-order valence-electron chi connectivity index (χ0n) is 17.3. The summed E-state index contributed by atoms with van der Waals surface area (Å²) >= 11 is 0. The summed E-state index contributed by atoms with van der Waals surface area (Å²) in [5.41, 5.74) is 2.08. The van der Waals surface area contributed by atoms with E-state index in [9.17, 15) is 9.59 Å². The largest absolute Gasteiger partial charge is 0.497 e. The molecule has 1 N–H and O–H groups in total. The summed E-state index contributed by atoms with van der Waals surface area (Å²) in [5, 5.41) is 2.95. The summed E-state index contributed by atoms with van der Waals surface area (Å²) in [5.74, 6) is 0.206. The number of amides is 1. The molecule has 0 bridgehead atoms. The summed E-state index contributed by atoms with van der Waals surface area (Å²) in [7, 11) is 1.57. The lowest BCUT2D eigenvalue weighted by atomic mass is 9.99. The average molecular weight is 419 g/mol. The van der Waals surface area contributed by atoms with Crippen molar-refractivity contribution in [2.24, 2.45) is 0 Å². The molecule has 3 aromatic carbocycles. The van der Waals surface area contributed by atoms with Crippen molar-refractivity contribution in [2.75, 3.05) is 20.3 Å². The van der Waals surface area contributed by atoms with Crippen LogP contribution in [-0.2, 0) is 20.7 Å². The number of nitrogens with one attached hydrogen (secondary N) is 1. The molecule has 0 radical (unpaired) electrons. The fourth-order valence-corrected chi connectivity index (χ4v) is 3.03. The van der Waals surface area contributed by atoms with Crippen molar-refractivity contribution in [2.45, 2.75) is 12.5 Å². The molecule has 0 spiro atoms. The van der Waals surface area contributed by atoms with Gasteiger partial charge in [0.2, 0.25) is 0 Å². The van der Waals surface area contributed by atoms with Gasteiger partial charge in [-0.1, -0.05) is 60.7 Å². The molecule has 31 heavy (non-hydrogen) atoms. The number of hydrogen-bond acceptors (Lipinski definition) is 5. The molecular formula is C25H25NO5. The first-order valence-electron chi connectivity index (χ1n) is 9.95. The first-order valence-corrected chi connectivity index (χ1v) is 9.95. The maximum atomic E-state index is 12.4. The van der Waals surface area contributed by atoms with Gasteiger partial charge in [0.25, 0.3) is 5.91 Å². The van der Waals surface area contributed by atoms with E-state index in [1.807, 2.05) is 60.7 Å². The van der Waals surface area contributed by atoms with Gasteiger partial charge in [0, 0.05) is 0 Å². The first kappa shape index (κ1) is 21.9. The average Bonchev–Trinajstić information content (AvgIpc) is 2.82. The molecule has 1 amide bonds. The minimum atomic E-state index is -0.620. The van der Waals surface area contributed by atoms with Crippen LogP contribution in [0.3, 0.4) is 0 Å². The molecule has 0 fully saturated rings. The van der Waals surface area contributed by atoms with Crippen molar-refractivity contribution < 1.29 is 23.8 Å². The number of ether oxygens (including phenoxy) is 3. The van der Waals surface area contributed by atoms with E-state index in [4.69, 9.17) is 14.2 Å². The third-order valence-electron chi connectivity index (χ3n) is 4.60. The number of carbonyl (C=O) groups excluding carboxylic acids is 2. The molecule has 6 nitrogen and oxygen atoms in total. The van der Waals surface area contributed by atoms with Crippen LogP contribution in [-0.4, -0.2) is 32.2 Å². The number of esters is 1. The number of methoxy groups -OCH3 is 1. The molecule has 3 rings (SSSR count). The van der Waals surface area contributed by atoms with E-state index >= 15 is 0 Å². The molecule has 0 saturated carbocycles. The Kier molecular flexibility index (Phi) is 8.05. The standard InChI is InChI=1S/C25H25NO5/c1-29-21-12-14-22(15-13-21)30-18-25(28)31-17-24(27)26-23(20-10-6-3-7-11-20)16-19-8-4-2-5-9-19/h2-15,23H,16-18H2,1H3,(H,26,27). The van der Waals surface area contributed by atoms with Gasteiger partial charge in [-0.25, -0.2) is 4.79 Å². The maximum Gasteiger partial charge on any atom is 0.344 e. The summed E-state index contributed by atoms with van der Waals surface area (Å²) in [6, 6.07) is 26.2. The molecule has 0 aliphatic heterocycles. The molecular weight excluding hydrogens is 394 g/mol. The molecule has 0 aromatic heterocycles. The second kappa shape index (κ2) is 11.4. The lowest BCUT2D eigenvalue weighted by molar-refractivity contribution is -0.150. The van der Waals surface area contributed by atoms with Gasteiger partial charge in [0.05, 0.1) is 13.2 Å². The van der Waals surface area contributed by atoms with Crippen LogP contribution in [0.4, 0.5) is 0 Å². The first-order chi connectivity index (χ1) is 15.1. The second-order valence-corrected chi connectivity index (χ2v) is 6.85. The maximum absolute atomic E-state index is 12.4. The van der Waals surface area contributed by atoms with E-state index in [0.717, 1.165) is 11.1 Å². The lowest BCUT2D eigenvalue weighted by Gasteiger charge is -2.19. The Hall–Kier alpha value is -3.80. The summed E-state index contributed by atoms with van der Waals surface area (Å²) in [4.78, 5) is 24.4. The zero-order chi connectivity index (χ0) is 21.9. The van der Waals surface area contributed by atoms with Crippen molar-refractivity contribution in [3.8, 4) is 11.5 Å². The lowest BCUT2D eigenvalue weighted by Crippen LogP contribution is -2.34. The van der Waals surface area contributed by atoms with Crippen LogP contribution in [0.2, 0.25) is 0 Å². The van der Waals surface area contributed by atoms with Crippen molar-refractivity contribution in [3.63, 3.8) is 0 Å². The molecule has 160 valence electrons. The van der Waals surface area contributed by atoms with Crippen molar-refractivity contribution >= 4 is 11.9 Å². The Morgan fingerprint density at radius 1 is 0.806 bits per heavy atom. The van der Waals surface area contributed by atoms with Gasteiger partial charge in [0.15, 0.2) is 13.2 Å². The molecule has 3 aromatic rings. The predicted molar refractivity (Wildman–Crippen MR) is 117 cm³/mol. The van der Waals surface area contributed by atoms with Crippen LogP contribution in [0.5, 0.6) is 11.5 Å². The minimum absolute atomic E-state index is 0.231. The fraction of sp³-hybridized carbons (Fsp3) is 0.200. The van der Waals surface area contributed by atoms with Crippen LogP contribution in [0.25, 0.3) is 0 Å². The second-order valence-electron chi connectivity index (χ2n) is 6.85. The smallest absolute Gasteiger partial charge is 0.344 e. The van der Waals surface area contributed by atoms with E-state index in [2.05, 4.69) is 5.32 Å². The minimum Gasteiger partial charge on any atom is -0.497 e. The predicted octanol–water partition coefficient (Wildman–Crippen LogP) is 3.72. The van der Waals surface area contributed by atoms with Gasteiger partial charge in [0.1, 0.15) is 11.5 Å². The summed E-state index contributed by atoms with van der Waals surface area (Å²) < 4.78 is 15.5. The highest BCUT2D eigenvalue weighted by Crippen LogP contribution is 2.19. The van der Waals surface area contributed by atoms with Gasteiger partial charge in [-0.05, 0) is 41.8 Å². The monoisotopic (exact) mass is 419 g/mol. The highest BCUT2D eigenvalue weighted by atomic mass is 16.6. The van der Waals surface area contributed by atoms with Crippen LogP contribution in [0.1, 0.15) is 17.2 Å². The third-order valence-corrected chi connectivity index (χ3v) is 4.60. The normalized spacial score (nSPS) is 11.3. The number of benzene rings is 3. The molecule has 1 atom stereocenters. The fourth-order valence-electron chi connectivity index (χ4n) is 3.03. The van der Waals surface area contributed by atoms with E-state index in [0.29, 0.717) is 17.9 Å². The highest BCUT2D eigenvalue weighted by molar-refractivity contribution is 5.81. The zero-order valence-corrected chi connectivity index (χ0v) is 17.3. The van der Waals surface area contributed by atoms with E-state index in [1.54, 1.807) is 31.4 Å². The van der Waals surface area contributed by atoms with Gasteiger partial charge in [-0.15, -0.1) is 0 Å². The van der Waals surface area contributed by atoms with Crippen LogP contribution in [0, 0.1) is 0 Å². The number of hydrogen-bond donors (Lipinski definition) is 1. The quantitative estimate of drug-likeness (QED) is 0.507. The Morgan fingerprint density at radius 3 is 2.06 bits per heavy atom. The van der Waals surface area contributed by atoms with Gasteiger partial charge in [-0.3, -0.25) is 4.79 Å². The number of rotatable bonds is 10. The highest BCUT2D eigenvalue weighted by Gasteiger charge is 2.16. The summed E-state index contributed by atoms with van der Waals surface area (Å²) in [6.45, 7) is -0.658. The Bertz CT molecular complexity index is 958. The molecule has 1 unspecified atom stereocenters.